The van der Waals surface area contributed by atoms with Crippen LogP contribution in [0.1, 0.15) is 13.8 Å². The summed E-state index contributed by atoms with van der Waals surface area (Å²) in [6.07, 6.45) is 16.7. The van der Waals surface area contributed by atoms with Gasteiger partial charge in [-0.3, -0.25) is 0 Å². The first-order valence-electron chi connectivity index (χ1n) is 6.12. The van der Waals surface area contributed by atoms with Crippen molar-refractivity contribution in [2.75, 3.05) is 14.2 Å². The van der Waals surface area contributed by atoms with E-state index in [1.807, 2.05) is 13.8 Å². The van der Waals surface area contributed by atoms with Crippen LogP contribution in [0.4, 0.5) is 0 Å². The van der Waals surface area contributed by atoms with E-state index in [4.69, 9.17) is 9.47 Å². The Bertz CT molecular complexity index is 399. The minimum absolute atomic E-state index is 0.335. The van der Waals surface area contributed by atoms with E-state index in [2.05, 4.69) is 48.6 Å². The Morgan fingerprint density at radius 1 is 0.667 bits per heavy atom. The van der Waals surface area contributed by atoms with Gasteiger partial charge in [0, 0.05) is 14.2 Å². The van der Waals surface area contributed by atoms with Crippen LogP contribution in [0.5, 0.6) is 0 Å². The van der Waals surface area contributed by atoms with Crippen LogP contribution in [0, 0.1) is 0 Å². The molecule has 0 aliphatic heterocycles. The lowest BCUT2D eigenvalue weighted by molar-refractivity contribution is 0.0905. The molecule has 0 unspecified atom stereocenters. The summed E-state index contributed by atoms with van der Waals surface area (Å²) in [5.41, 5.74) is 1.67. The monoisotopic (exact) mass is 244 g/mol. The van der Waals surface area contributed by atoms with Crippen molar-refractivity contribution in [2.24, 2.45) is 0 Å². The maximum Gasteiger partial charge on any atom is 0.102 e. The highest BCUT2D eigenvalue weighted by atomic mass is 16.5. The van der Waals surface area contributed by atoms with Gasteiger partial charge in [0.15, 0.2) is 0 Å². The molecule has 0 heterocycles. The van der Waals surface area contributed by atoms with Crippen molar-refractivity contribution in [3.63, 3.8) is 0 Å². The van der Waals surface area contributed by atoms with Crippen molar-refractivity contribution < 1.29 is 9.47 Å². The van der Waals surface area contributed by atoms with Crippen LogP contribution in [0.2, 0.25) is 0 Å². The number of rotatable bonds is 2. The minimum Gasteiger partial charge on any atom is -0.370 e. The fraction of sp³-hybridized carbons (Fsp3) is 0.375. The summed E-state index contributed by atoms with van der Waals surface area (Å²) in [6.45, 7) is 4.08. The predicted molar refractivity (Wildman–Crippen MR) is 74.4 cm³/mol. The predicted octanol–water partition coefficient (Wildman–Crippen LogP) is 3.35. The van der Waals surface area contributed by atoms with E-state index in [9.17, 15) is 0 Å². The van der Waals surface area contributed by atoms with Gasteiger partial charge in [-0.05, 0) is 49.3 Å². The molecule has 0 bridgehead atoms. The van der Waals surface area contributed by atoms with Crippen LogP contribution in [-0.4, -0.2) is 25.4 Å². The second kappa shape index (κ2) is 4.71. The fourth-order valence-corrected chi connectivity index (χ4v) is 1.90. The molecule has 0 saturated carbocycles. The number of hydrogen-bond donors (Lipinski definition) is 0. The molecule has 18 heavy (non-hydrogen) atoms. The lowest BCUT2D eigenvalue weighted by Gasteiger charge is -2.19. The van der Waals surface area contributed by atoms with E-state index >= 15 is 0 Å². The summed E-state index contributed by atoms with van der Waals surface area (Å²) < 4.78 is 11.0. The molecule has 0 atom stereocenters. The van der Waals surface area contributed by atoms with Gasteiger partial charge in [-0.15, -0.1) is 0 Å². The molecule has 2 rings (SSSR count). The Morgan fingerprint density at radius 2 is 0.944 bits per heavy atom. The van der Waals surface area contributed by atoms with Crippen LogP contribution in [0.15, 0.2) is 59.8 Å². The van der Waals surface area contributed by atoms with E-state index in [0.717, 1.165) is 0 Å². The Labute approximate surface area is 109 Å². The normalized spacial score (nSPS) is 23.8. The average molecular weight is 244 g/mol. The lowest BCUT2D eigenvalue weighted by Crippen LogP contribution is -2.21. The third-order valence-electron chi connectivity index (χ3n) is 3.59. The molecule has 96 valence electrons. The molecular formula is C16H20O2. The van der Waals surface area contributed by atoms with Gasteiger partial charge in [0.25, 0.3) is 0 Å². The molecule has 0 fully saturated rings. The van der Waals surface area contributed by atoms with Gasteiger partial charge in [-0.25, -0.2) is 0 Å². The standard InChI is InChI=1S/C16H20O2/c1-15(17-3)9-5-13-7-11-16(2,18-4)12-8-14(13)6-10-15/h5-12H,1-4H3. The maximum absolute atomic E-state index is 5.48. The van der Waals surface area contributed by atoms with Gasteiger partial charge >= 0.3 is 0 Å². The van der Waals surface area contributed by atoms with E-state index in [1.54, 1.807) is 14.2 Å². The molecule has 2 nitrogen and oxygen atoms in total. The van der Waals surface area contributed by atoms with E-state index in [0.29, 0.717) is 0 Å². The van der Waals surface area contributed by atoms with Crippen LogP contribution >= 0.6 is 0 Å². The topological polar surface area (TPSA) is 18.5 Å². The second-order valence-corrected chi connectivity index (χ2v) is 5.02. The summed E-state index contributed by atoms with van der Waals surface area (Å²) in [4.78, 5) is 0. The molecule has 0 amide bonds. The Hall–Kier alpha value is -1.38. The van der Waals surface area contributed by atoms with Crippen LogP contribution in [0.3, 0.4) is 0 Å². The summed E-state index contributed by atoms with van der Waals surface area (Å²) in [5.74, 6) is 0. The number of methoxy groups -OCH3 is 2. The van der Waals surface area contributed by atoms with Gasteiger partial charge in [0.2, 0.25) is 0 Å². The van der Waals surface area contributed by atoms with E-state index < -0.39 is 0 Å². The van der Waals surface area contributed by atoms with Gasteiger partial charge in [0.05, 0.1) is 0 Å². The van der Waals surface area contributed by atoms with Gasteiger partial charge < -0.3 is 9.47 Å². The zero-order chi connectivity index (χ0) is 13.2. The summed E-state index contributed by atoms with van der Waals surface area (Å²) in [7, 11) is 3.44. The molecule has 2 aliphatic rings. The molecule has 0 radical (unpaired) electrons. The first-order valence-corrected chi connectivity index (χ1v) is 6.12. The summed E-state index contributed by atoms with van der Waals surface area (Å²) in [6, 6.07) is 0. The van der Waals surface area contributed by atoms with Gasteiger partial charge in [-0.1, -0.05) is 24.3 Å². The van der Waals surface area contributed by atoms with Gasteiger partial charge in [0.1, 0.15) is 11.2 Å². The molecule has 0 spiro atoms. The number of allylic oxidation sites excluding steroid dienone is 6. The second-order valence-electron chi connectivity index (χ2n) is 5.02. The van der Waals surface area contributed by atoms with Crippen LogP contribution in [0.25, 0.3) is 0 Å². The van der Waals surface area contributed by atoms with Crippen LogP contribution in [-0.2, 0) is 9.47 Å². The zero-order valence-electron chi connectivity index (χ0n) is 11.4. The largest absolute Gasteiger partial charge is 0.370 e. The van der Waals surface area contributed by atoms with E-state index in [1.165, 1.54) is 11.1 Å². The first kappa shape index (κ1) is 13.1. The molecule has 0 aromatic carbocycles. The third-order valence-corrected chi connectivity index (χ3v) is 3.59. The Morgan fingerprint density at radius 3 is 1.17 bits per heavy atom. The summed E-state index contributed by atoms with van der Waals surface area (Å²) in [5, 5.41) is 0. The molecule has 0 N–H and O–H groups in total. The van der Waals surface area contributed by atoms with Crippen molar-refractivity contribution in [1.82, 2.24) is 0 Å². The maximum atomic E-state index is 5.48. The minimum atomic E-state index is -0.335. The molecule has 0 aromatic rings. The van der Waals surface area contributed by atoms with Crippen molar-refractivity contribution in [1.29, 1.82) is 0 Å². The molecule has 0 saturated heterocycles. The zero-order valence-corrected chi connectivity index (χ0v) is 11.4. The molecular weight excluding hydrogens is 224 g/mol. The Kier molecular flexibility index (Phi) is 3.42. The molecule has 2 heteroatoms. The van der Waals surface area contributed by atoms with Crippen molar-refractivity contribution in [3.05, 3.63) is 59.8 Å². The number of ether oxygens (including phenoxy) is 2. The highest BCUT2D eigenvalue weighted by molar-refractivity contribution is 5.52. The van der Waals surface area contributed by atoms with Crippen molar-refractivity contribution in [2.45, 2.75) is 25.0 Å². The van der Waals surface area contributed by atoms with Crippen LogP contribution < -0.4 is 0 Å². The third kappa shape index (κ3) is 2.55. The molecule has 2 aliphatic carbocycles. The summed E-state index contributed by atoms with van der Waals surface area (Å²) >= 11 is 0. The fourth-order valence-electron chi connectivity index (χ4n) is 1.90. The van der Waals surface area contributed by atoms with Gasteiger partial charge in [-0.2, -0.15) is 0 Å². The quantitative estimate of drug-likeness (QED) is 0.741. The Balaban J connectivity index is 2.37. The van der Waals surface area contributed by atoms with Crippen molar-refractivity contribution >= 4 is 0 Å². The first-order chi connectivity index (χ1) is 8.50. The smallest absolute Gasteiger partial charge is 0.102 e. The average Bonchev–Trinajstić information content (AvgIpc) is 2.64. The van der Waals surface area contributed by atoms with E-state index in [-0.39, 0.29) is 11.2 Å². The van der Waals surface area contributed by atoms with Crippen molar-refractivity contribution in [3.8, 4) is 0 Å². The SMILES string of the molecule is COC1(C)C=CC2=C(C=C1)C=CC(C)(OC)C=C2. The highest BCUT2D eigenvalue weighted by Gasteiger charge is 2.21. The number of hydrogen-bond acceptors (Lipinski definition) is 2. The lowest BCUT2D eigenvalue weighted by atomic mass is 10.0. The highest BCUT2D eigenvalue weighted by Crippen LogP contribution is 2.27. The molecule has 0 aromatic heterocycles.